The van der Waals surface area contributed by atoms with E-state index in [1.807, 2.05) is 30.3 Å². The van der Waals surface area contributed by atoms with Crippen molar-refractivity contribution in [1.29, 1.82) is 0 Å². The van der Waals surface area contributed by atoms with Gasteiger partial charge in [0.25, 0.3) is 0 Å². The van der Waals surface area contributed by atoms with Gasteiger partial charge in [-0.25, -0.2) is 21.6 Å². The molecule has 0 spiro atoms. The molecule has 1 aromatic carbocycles. The monoisotopic (exact) mass is 343 g/mol. The van der Waals surface area contributed by atoms with Crippen LogP contribution in [-0.4, -0.2) is 34.1 Å². The molecule has 1 aliphatic heterocycles. The Morgan fingerprint density at radius 2 is 1.77 bits per heavy atom. The maximum absolute atomic E-state index is 12.4. The van der Waals surface area contributed by atoms with Crippen molar-refractivity contribution >= 4 is 19.9 Å². The number of hydrogen-bond donors (Lipinski definition) is 1. The normalized spacial score (nSPS) is 23.5. The van der Waals surface area contributed by atoms with Crippen LogP contribution in [0.3, 0.4) is 0 Å². The van der Waals surface area contributed by atoms with Crippen LogP contribution < -0.4 is 4.72 Å². The third-order valence-corrected chi connectivity index (χ3v) is 8.00. The second kappa shape index (κ2) is 5.94. The van der Waals surface area contributed by atoms with Gasteiger partial charge in [0.05, 0.1) is 17.3 Å². The molecule has 1 atom stereocenters. The number of rotatable bonds is 6. The highest BCUT2D eigenvalue weighted by Crippen LogP contribution is 2.38. The number of sulfonamides is 1. The quantitative estimate of drug-likeness (QED) is 0.849. The molecule has 1 saturated heterocycles. The maximum atomic E-state index is 12.4. The van der Waals surface area contributed by atoms with E-state index in [9.17, 15) is 16.8 Å². The molecule has 0 amide bonds. The van der Waals surface area contributed by atoms with Gasteiger partial charge in [-0.1, -0.05) is 36.8 Å². The van der Waals surface area contributed by atoms with Crippen LogP contribution in [0.1, 0.15) is 30.9 Å². The lowest BCUT2D eigenvalue weighted by Gasteiger charge is -2.35. The highest BCUT2D eigenvalue weighted by molar-refractivity contribution is 7.93. The molecule has 3 rings (SSSR count). The Kier molecular flexibility index (Phi) is 4.31. The van der Waals surface area contributed by atoms with E-state index < -0.39 is 19.9 Å². The fourth-order valence-corrected chi connectivity index (χ4v) is 6.73. The molecule has 1 aromatic rings. The van der Waals surface area contributed by atoms with E-state index in [4.69, 9.17) is 0 Å². The highest BCUT2D eigenvalue weighted by atomic mass is 32.2. The zero-order valence-corrected chi connectivity index (χ0v) is 13.9. The average molecular weight is 343 g/mol. The van der Waals surface area contributed by atoms with Gasteiger partial charge < -0.3 is 0 Å². The maximum Gasteiger partial charge on any atom is 0.212 e. The molecule has 1 saturated carbocycles. The number of benzene rings is 1. The summed E-state index contributed by atoms with van der Waals surface area (Å²) >= 11 is 0. The molecule has 5 nitrogen and oxygen atoms in total. The highest BCUT2D eigenvalue weighted by Gasteiger charge is 2.38. The molecule has 122 valence electrons. The smallest absolute Gasteiger partial charge is 0.212 e. The summed E-state index contributed by atoms with van der Waals surface area (Å²) in [5.41, 5.74) is 0.983. The van der Waals surface area contributed by atoms with Gasteiger partial charge in [0.2, 0.25) is 10.0 Å². The molecule has 2 aliphatic rings. The fourth-order valence-electron chi connectivity index (χ4n) is 3.19. The summed E-state index contributed by atoms with van der Waals surface area (Å²) < 4.78 is 49.9. The van der Waals surface area contributed by atoms with Gasteiger partial charge in [0.1, 0.15) is 0 Å². The molecule has 7 heteroatoms. The van der Waals surface area contributed by atoms with Crippen LogP contribution in [0, 0.1) is 11.8 Å². The molecule has 1 unspecified atom stereocenters. The standard InChI is InChI=1S/C15H21NO4S2/c17-21(18)9-12(10-21)11-22(19,20)16-15(14-7-4-8-14)13-5-2-1-3-6-13/h1-3,5-6,12,14-16H,4,7-11H2. The van der Waals surface area contributed by atoms with E-state index in [-0.39, 0.29) is 29.2 Å². The predicted molar refractivity (Wildman–Crippen MR) is 85.6 cm³/mol. The van der Waals surface area contributed by atoms with Crippen molar-refractivity contribution in [2.45, 2.75) is 25.3 Å². The van der Waals surface area contributed by atoms with Crippen molar-refractivity contribution in [2.24, 2.45) is 11.8 Å². The van der Waals surface area contributed by atoms with Crippen LogP contribution >= 0.6 is 0 Å². The molecule has 0 bridgehead atoms. The Bertz CT molecular complexity index is 712. The third-order valence-electron chi connectivity index (χ3n) is 4.52. The zero-order valence-electron chi connectivity index (χ0n) is 12.3. The van der Waals surface area contributed by atoms with Gasteiger partial charge in [-0.3, -0.25) is 0 Å². The molecular weight excluding hydrogens is 322 g/mol. The first-order valence-electron chi connectivity index (χ1n) is 7.60. The topological polar surface area (TPSA) is 80.3 Å². The third kappa shape index (κ3) is 3.70. The summed E-state index contributed by atoms with van der Waals surface area (Å²) in [6.45, 7) is 0. The van der Waals surface area contributed by atoms with Crippen molar-refractivity contribution < 1.29 is 16.8 Å². The van der Waals surface area contributed by atoms with Crippen LogP contribution in [0.2, 0.25) is 0 Å². The van der Waals surface area contributed by atoms with E-state index in [0.717, 1.165) is 24.8 Å². The minimum absolute atomic E-state index is 0.00660. The van der Waals surface area contributed by atoms with E-state index in [0.29, 0.717) is 5.92 Å². The lowest BCUT2D eigenvalue weighted by atomic mass is 9.77. The molecule has 1 aliphatic carbocycles. The summed E-state index contributed by atoms with van der Waals surface area (Å²) in [6.07, 6.45) is 3.19. The van der Waals surface area contributed by atoms with Gasteiger partial charge >= 0.3 is 0 Å². The predicted octanol–water partition coefficient (Wildman–Crippen LogP) is 1.49. The van der Waals surface area contributed by atoms with Crippen LogP contribution in [0.15, 0.2) is 30.3 Å². The summed E-state index contributed by atoms with van der Waals surface area (Å²) in [6, 6.07) is 9.42. The van der Waals surface area contributed by atoms with Crippen molar-refractivity contribution in [3.8, 4) is 0 Å². The van der Waals surface area contributed by atoms with Crippen molar-refractivity contribution in [3.05, 3.63) is 35.9 Å². The number of nitrogens with one attached hydrogen (secondary N) is 1. The summed E-state index contributed by atoms with van der Waals surface area (Å²) in [7, 11) is -6.46. The first-order valence-corrected chi connectivity index (χ1v) is 11.1. The van der Waals surface area contributed by atoms with E-state index in [1.165, 1.54) is 0 Å². The largest absolute Gasteiger partial charge is 0.229 e. The summed E-state index contributed by atoms with van der Waals surface area (Å²) in [5.74, 6) is -0.0363. The van der Waals surface area contributed by atoms with Gasteiger partial charge in [-0.2, -0.15) is 0 Å². The molecule has 0 aromatic heterocycles. The summed E-state index contributed by atoms with van der Waals surface area (Å²) in [5, 5.41) is 0. The number of hydrogen-bond acceptors (Lipinski definition) is 4. The molecule has 22 heavy (non-hydrogen) atoms. The Morgan fingerprint density at radius 3 is 2.27 bits per heavy atom. The number of sulfone groups is 1. The molecule has 0 radical (unpaired) electrons. The Labute approximate surface area is 132 Å². The molecule has 1 N–H and O–H groups in total. The van der Waals surface area contributed by atoms with Crippen LogP contribution in [0.5, 0.6) is 0 Å². The molecule has 1 heterocycles. The minimum Gasteiger partial charge on any atom is -0.229 e. The second-order valence-corrected chi connectivity index (χ2v) is 10.4. The Balaban J connectivity index is 1.70. The lowest BCUT2D eigenvalue weighted by molar-refractivity contribution is 0.251. The molecular formula is C15H21NO4S2. The van der Waals surface area contributed by atoms with Crippen LogP contribution in [0.4, 0.5) is 0 Å². The SMILES string of the molecule is O=S1(=O)CC(CS(=O)(=O)NC(c2ccccc2)C2CCC2)C1. The zero-order chi connectivity index (χ0) is 15.8. The Hall–Kier alpha value is -0.920. The van der Waals surface area contributed by atoms with Gasteiger partial charge in [0.15, 0.2) is 9.84 Å². The van der Waals surface area contributed by atoms with Crippen LogP contribution in [0.25, 0.3) is 0 Å². The van der Waals surface area contributed by atoms with Gasteiger partial charge in [0, 0.05) is 12.0 Å². The van der Waals surface area contributed by atoms with Crippen molar-refractivity contribution in [3.63, 3.8) is 0 Å². The van der Waals surface area contributed by atoms with Gasteiger partial charge in [-0.05, 0) is 24.3 Å². The minimum atomic E-state index is -3.47. The second-order valence-electron chi connectivity index (χ2n) is 6.42. The van der Waals surface area contributed by atoms with Crippen LogP contribution in [-0.2, 0) is 19.9 Å². The van der Waals surface area contributed by atoms with Crippen molar-refractivity contribution in [2.75, 3.05) is 17.3 Å². The average Bonchev–Trinajstić information content (AvgIpc) is 2.34. The fraction of sp³-hybridized carbons (Fsp3) is 0.600. The summed E-state index contributed by atoms with van der Waals surface area (Å²) in [4.78, 5) is 0. The lowest BCUT2D eigenvalue weighted by Crippen LogP contribution is -2.45. The van der Waals surface area contributed by atoms with Crippen molar-refractivity contribution in [1.82, 2.24) is 4.72 Å². The van der Waals surface area contributed by atoms with Gasteiger partial charge in [-0.15, -0.1) is 0 Å². The van der Waals surface area contributed by atoms with E-state index in [2.05, 4.69) is 4.72 Å². The first-order chi connectivity index (χ1) is 10.3. The Morgan fingerprint density at radius 1 is 1.14 bits per heavy atom. The first kappa shape index (κ1) is 16.0. The van der Waals surface area contributed by atoms with E-state index >= 15 is 0 Å². The van der Waals surface area contributed by atoms with E-state index in [1.54, 1.807) is 0 Å². The molecule has 2 fully saturated rings.